The number of nitrogens with two attached hydrogens (primary N) is 2. The van der Waals surface area contributed by atoms with E-state index in [-0.39, 0.29) is 11.3 Å². The maximum absolute atomic E-state index is 12.9. The lowest BCUT2D eigenvalue weighted by Gasteiger charge is -2.37. The molecule has 0 aliphatic carbocycles. The Morgan fingerprint density at radius 1 is 0.974 bits per heavy atom. The molecule has 0 spiro atoms. The summed E-state index contributed by atoms with van der Waals surface area (Å²) in [4.78, 5) is 19.8. The first kappa shape index (κ1) is 28.7. The number of nitrogens with zero attached hydrogens (tertiary/aromatic N) is 5. The second-order valence-electron chi connectivity index (χ2n) is 11.8. The molecule has 0 unspecified atom stereocenters. The third kappa shape index (κ3) is 8.10. The molecular weight excluding hydrogens is 488 g/mol. The Labute approximate surface area is 233 Å². The molecule has 0 aromatic heterocycles. The maximum atomic E-state index is 12.9. The number of likely N-dealkylation sites (tertiary alicyclic amines) is 1. The van der Waals surface area contributed by atoms with Crippen LogP contribution in [0.25, 0.3) is 0 Å². The van der Waals surface area contributed by atoms with E-state index < -0.39 is 0 Å². The quantitative estimate of drug-likeness (QED) is 0.207. The van der Waals surface area contributed by atoms with E-state index in [9.17, 15) is 4.79 Å². The van der Waals surface area contributed by atoms with Gasteiger partial charge in [-0.05, 0) is 60.2 Å². The number of rotatable bonds is 8. The monoisotopic (exact) mass is 534 g/mol. The van der Waals surface area contributed by atoms with E-state index in [1.54, 1.807) is 7.05 Å². The molecule has 2 aromatic rings. The van der Waals surface area contributed by atoms with Gasteiger partial charge in [-0.15, -0.1) is 5.10 Å². The number of anilines is 2. The Morgan fingerprint density at radius 2 is 1.59 bits per heavy atom. The van der Waals surface area contributed by atoms with Crippen molar-refractivity contribution in [2.75, 3.05) is 63.1 Å². The summed E-state index contributed by atoms with van der Waals surface area (Å²) < 4.78 is 0. The molecule has 9 nitrogen and oxygen atoms in total. The van der Waals surface area contributed by atoms with Gasteiger partial charge in [0, 0.05) is 82.3 Å². The second kappa shape index (κ2) is 12.7. The fraction of sp³-hybridized carbons (Fsp3) is 0.533. The second-order valence-corrected chi connectivity index (χ2v) is 11.8. The summed E-state index contributed by atoms with van der Waals surface area (Å²) >= 11 is 0. The summed E-state index contributed by atoms with van der Waals surface area (Å²) in [5, 5.41) is 8.82. The predicted molar refractivity (Wildman–Crippen MR) is 161 cm³/mol. The van der Waals surface area contributed by atoms with E-state index in [0.717, 1.165) is 69.9 Å². The summed E-state index contributed by atoms with van der Waals surface area (Å²) in [5.74, 6) is 6.19. The van der Waals surface area contributed by atoms with Crippen LogP contribution < -0.4 is 21.8 Å². The molecule has 2 heterocycles. The first-order chi connectivity index (χ1) is 18.6. The van der Waals surface area contributed by atoms with Gasteiger partial charge in [-0.1, -0.05) is 32.9 Å². The fourth-order valence-electron chi connectivity index (χ4n) is 5.29. The van der Waals surface area contributed by atoms with Crippen LogP contribution in [-0.4, -0.2) is 85.6 Å². The van der Waals surface area contributed by atoms with Crippen molar-refractivity contribution < 1.29 is 4.79 Å². The Hall–Kier alpha value is -3.30. The molecule has 39 heavy (non-hydrogen) atoms. The van der Waals surface area contributed by atoms with Crippen molar-refractivity contribution in [2.45, 2.75) is 51.5 Å². The fourth-order valence-corrected chi connectivity index (χ4v) is 5.29. The van der Waals surface area contributed by atoms with Gasteiger partial charge >= 0.3 is 0 Å². The van der Waals surface area contributed by atoms with Gasteiger partial charge in [-0.3, -0.25) is 9.69 Å². The molecule has 2 aliphatic rings. The minimum absolute atomic E-state index is 0.176. The molecule has 5 N–H and O–H groups in total. The number of benzene rings is 2. The van der Waals surface area contributed by atoms with Gasteiger partial charge in [0.2, 0.25) is 5.91 Å². The van der Waals surface area contributed by atoms with Crippen molar-refractivity contribution in [1.29, 1.82) is 0 Å². The Kier molecular flexibility index (Phi) is 9.35. The van der Waals surface area contributed by atoms with Crippen LogP contribution in [0.2, 0.25) is 0 Å². The molecule has 0 atom stereocenters. The highest BCUT2D eigenvalue weighted by atomic mass is 16.2. The first-order valence-electron chi connectivity index (χ1n) is 14.1. The zero-order valence-electron chi connectivity index (χ0n) is 24.1. The Morgan fingerprint density at radius 3 is 2.15 bits per heavy atom. The van der Waals surface area contributed by atoms with Gasteiger partial charge in [-0.25, -0.2) is 11.0 Å². The number of hydrogen-bond acceptors (Lipinski definition) is 7. The molecule has 2 saturated heterocycles. The number of piperazine rings is 1. The molecule has 2 aliphatic heterocycles. The van der Waals surface area contributed by atoms with Crippen LogP contribution >= 0.6 is 0 Å². The first-order valence-corrected chi connectivity index (χ1v) is 14.1. The summed E-state index contributed by atoms with van der Waals surface area (Å²) in [6.07, 6.45) is 2.49. The number of hydrazine groups is 1. The van der Waals surface area contributed by atoms with E-state index in [1.807, 2.05) is 29.2 Å². The summed E-state index contributed by atoms with van der Waals surface area (Å²) in [6.45, 7) is 13.2. The van der Waals surface area contributed by atoms with Crippen molar-refractivity contribution >= 4 is 23.1 Å². The van der Waals surface area contributed by atoms with Gasteiger partial charge in [0.15, 0.2) is 5.84 Å². The predicted octanol–water partition coefficient (Wildman–Crippen LogP) is 3.03. The van der Waals surface area contributed by atoms with Gasteiger partial charge < -0.3 is 20.9 Å². The van der Waals surface area contributed by atoms with Gasteiger partial charge in [0.05, 0.1) is 0 Å². The standard InChI is InChI=1S/C30H46N8O/c1-30(2,3)24-7-11-27(12-8-24)37-21-19-36(20-22-37)16-15-28(39)38-17-13-26(14-18-38)33-25-9-5-23(6-10-25)29(31)34-35(4)32/h5-12,26,33H,13-22,32H2,1-4H3,(H2,31,34). The average Bonchev–Trinajstić information content (AvgIpc) is 2.92. The molecule has 2 fully saturated rings. The van der Waals surface area contributed by atoms with Crippen molar-refractivity contribution in [3.63, 3.8) is 0 Å². The maximum Gasteiger partial charge on any atom is 0.223 e. The summed E-state index contributed by atoms with van der Waals surface area (Å²) in [5.41, 5.74) is 10.7. The summed E-state index contributed by atoms with van der Waals surface area (Å²) in [7, 11) is 1.63. The third-order valence-corrected chi connectivity index (χ3v) is 7.78. The van der Waals surface area contributed by atoms with Crippen LogP contribution in [-0.2, 0) is 10.2 Å². The van der Waals surface area contributed by atoms with Crippen LogP contribution in [0.3, 0.4) is 0 Å². The molecule has 0 radical (unpaired) electrons. The Bertz CT molecular complexity index is 1090. The van der Waals surface area contributed by atoms with Crippen molar-refractivity contribution in [1.82, 2.24) is 14.9 Å². The third-order valence-electron chi connectivity index (χ3n) is 7.78. The van der Waals surface area contributed by atoms with Gasteiger partial charge in [0.1, 0.15) is 0 Å². The lowest BCUT2D eigenvalue weighted by Crippen LogP contribution is -2.48. The number of amidine groups is 1. The smallest absolute Gasteiger partial charge is 0.223 e. The van der Waals surface area contributed by atoms with Crippen LogP contribution in [0, 0.1) is 0 Å². The van der Waals surface area contributed by atoms with E-state index in [0.29, 0.717) is 18.3 Å². The lowest BCUT2D eigenvalue weighted by atomic mass is 9.87. The van der Waals surface area contributed by atoms with Crippen LogP contribution in [0.4, 0.5) is 11.4 Å². The van der Waals surface area contributed by atoms with E-state index >= 15 is 0 Å². The van der Waals surface area contributed by atoms with Crippen LogP contribution in [0.15, 0.2) is 53.6 Å². The van der Waals surface area contributed by atoms with E-state index in [2.05, 4.69) is 65.3 Å². The molecule has 0 bridgehead atoms. The minimum atomic E-state index is 0.176. The summed E-state index contributed by atoms with van der Waals surface area (Å²) in [6, 6.07) is 17.2. The number of piperidine rings is 1. The molecule has 1 amide bonds. The van der Waals surface area contributed by atoms with E-state index in [1.165, 1.54) is 16.4 Å². The normalized spacial score (nSPS) is 17.8. The van der Waals surface area contributed by atoms with Crippen LogP contribution in [0.1, 0.15) is 51.2 Å². The number of carbonyl (C=O) groups excluding carboxylic acids is 1. The highest BCUT2D eigenvalue weighted by Crippen LogP contribution is 2.25. The molecule has 212 valence electrons. The highest BCUT2D eigenvalue weighted by molar-refractivity contribution is 5.97. The lowest BCUT2D eigenvalue weighted by molar-refractivity contribution is -0.132. The van der Waals surface area contributed by atoms with Crippen molar-refractivity contribution in [3.05, 3.63) is 59.7 Å². The topological polar surface area (TPSA) is 106 Å². The minimum Gasteiger partial charge on any atom is -0.382 e. The van der Waals surface area contributed by atoms with Gasteiger partial charge in [0.25, 0.3) is 0 Å². The molecular formula is C30H46N8O. The molecule has 2 aromatic carbocycles. The molecule has 4 rings (SSSR count). The number of hydrazone groups is 1. The molecule has 9 heteroatoms. The number of nitrogens with one attached hydrogen (secondary N) is 1. The SMILES string of the molecule is CN(N)/N=C(\N)c1ccc(NC2CCN(C(=O)CCN3CCN(c4ccc(C(C)(C)C)cc4)CC3)CC2)cc1. The zero-order valence-corrected chi connectivity index (χ0v) is 24.1. The highest BCUT2D eigenvalue weighted by Gasteiger charge is 2.24. The van der Waals surface area contributed by atoms with Crippen molar-refractivity contribution in [2.24, 2.45) is 16.7 Å². The molecule has 0 saturated carbocycles. The largest absolute Gasteiger partial charge is 0.382 e. The number of amides is 1. The number of hydrogen-bond donors (Lipinski definition) is 3. The van der Waals surface area contributed by atoms with Gasteiger partial charge in [-0.2, -0.15) is 0 Å². The number of carbonyl (C=O) groups is 1. The van der Waals surface area contributed by atoms with Crippen LogP contribution in [0.5, 0.6) is 0 Å². The zero-order chi connectivity index (χ0) is 28.0. The Balaban J connectivity index is 1.15. The average molecular weight is 535 g/mol. The van der Waals surface area contributed by atoms with Crippen molar-refractivity contribution in [3.8, 4) is 0 Å². The van der Waals surface area contributed by atoms with E-state index in [4.69, 9.17) is 11.6 Å².